The smallest absolute Gasteiger partial charge is 0.122 e. The molecule has 100 valence electrons. The molecule has 1 aromatic heterocycles. The van der Waals surface area contributed by atoms with Gasteiger partial charge in [-0.3, -0.25) is 0 Å². The van der Waals surface area contributed by atoms with Crippen LogP contribution in [0.15, 0.2) is 48.8 Å². The summed E-state index contributed by atoms with van der Waals surface area (Å²) in [6.07, 6.45) is 3.99. The van der Waals surface area contributed by atoms with Gasteiger partial charge in [-0.15, -0.1) is 0 Å². The minimum Gasteiger partial charge on any atom is -0.493 e. The normalized spacial score (nSPS) is 13.4. The van der Waals surface area contributed by atoms with E-state index in [-0.39, 0.29) is 0 Å². The van der Waals surface area contributed by atoms with E-state index in [4.69, 9.17) is 4.74 Å². The Morgan fingerprint density at radius 3 is 3.10 bits per heavy atom. The second kappa shape index (κ2) is 4.67. The lowest BCUT2D eigenvalue weighted by Gasteiger charge is -2.06. The lowest BCUT2D eigenvalue weighted by molar-refractivity contribution is 0.357. The van der Waals surface area contributed by atoms with Crippen LogP contribution in [0.1, 0.15) is 11.1 Å². The maximum Gasteiger partial charge on any atom is 0.122 e. The number of aromatic nitrogens is 2. The Labute approximate surface area is 117 Å². The van der Waals surface area contributed by atoms with Crippen LogP contribution in [-0.4, -0.2) is 16.2 Å². The van der Waals surface area contributed by atoms with E-state index >= 15 is 0 Å². The average molecular weight is 264 g/mol. The molecule has 4 rings (SSSR count). The Morgan fingerprint density at radius 1 is 1.15 bits per heavy atom. The fraction of sp³-hybridized carbons (Fsp3) is 0.235. The molecule has 0 spiro atoms. The molecule has 1 aliphatic heterocycles. The number of para-hydroxylation sites is 2. The summed E-state index contributed by atoms with van der Waals surface area (Å²) in [4.78, 5) is 4.43. The minimum atomic E-state index is 0.824. The Balaban J connectivity index is 1.55. The first-order valence-corrected chi connectivity index (χ1v) is 7.05. The van der Waals surface area contributed by atoms with E-state index in [2.05, 4.69) is 45.9 Å². The summed E-state index contributed by atoms with van der Waals surface area (Å²) in [5.74, 6) is 1.06. The van der Waals surface area contributed by atoms with Crippen LogP contribution in [0.5, 0.6) is 5.75 Å². The third-order valence-corrected chi connectivity index (χ3v) is 3.92. The number of rotatable bonds is 3. The summed E-state index contributed by atoms with van der Waals surface area (Å²) in [6, 6.07) is 14.8. The van der Waals surface area contributed by atoms with Gasteiger partial charge in [0.25, 0.3) is 0 Å². The maximum atomic E-state index is 5.55. The Kier molecular flexibility index (Phi) is 2.69. The molecule has 0 fully saturated rings. The van der Waals surface area contributed by atoms with Crippen LogP contribution in [-0.2, 0) is 19.4 Å². The molecular weight excluding hydrogens is 248 g/mol. The third-order valence-electron chi connectivity index (χ3n) is 3.92. The zero-order valence-electron chi connectivity index (χ0n) is 11.2. The van der Waals surface area contributed by atoms with Crippen LogP contribution in [0.4, 0.5) is 0 Å². The highest BCUT2D eigenvalue weighted by Crippen LogP contribution is 2.26. The number of benzene rings is 2. The first-order valence-electron chi connectivity index (χ1n) is 7.05. The minimum absolute atomic E-state index is 0.824. The first kappa shape index (κ1) is 11.5. The zero-order chi connectivity index (χ0) is 13.4. The van der Waals surface area contributed by atoms with Crippen molar-refractivity contribution in [3.63, 3.8) is 0 Å². The molecule has 0 saturated carbocycles. The molecule has 0 amide bonds. The summed E-state index contributed by atoms with van der Waals surface area (Å²) < 4.78 is 7.77. The van der Waals surface area contributed by atoms with Gasteiger partial charge in [-0.25, -0.2) is 4.98 Å². The number of imidazole rings is 1. The topological polar surface area (TPSA) is 27.1 Å². The summed E-state index contributed by atoms with van der Waals surface area (Å²) in [6.45, 7) is 1.78. The molecule has 0 saturated heterocycles. The van der Waals surface area contributed by atoms with Crippen LogP contribution in [0.25, 0.3) is 11.0 Å². The number of nitrogens with zero attached hydrogens (tertiary/aromatic N) is 2. The highest BCUT2D eigenvalue weighted by molar-refractivity contribution is 5.74. The van der Waals surface area contributed by atoms with Gasteiger partial charge in [-0.05, 0) is 35.7 Å². The summed E-state index contributed by atoms with van der Waals surface area (Å²) in [5, 5.41) is 0. The Bertz CT molecular complexity index is 761. The van der Waals surface area contributed by atoms with Crippen molar-refractivity contribution in [2.45, 2.75) is 19.4 Å². The number of aryl methyl sites for hydroxylation is 2. The third kappa shape index (κ3) is 1.95. The molecule has 1 aliphatic rings. The van der Waals surface area contributed by atoms with Crippen molar-refractivity contribution in [1.82, 2.24) is 9.55 Å². The predicted octanol–water partition coefficient (Wildman–Crippen LogP) is 3.21. The van der Waals surface area contributed by atoms with Crippen molar-refractivity contribution in [2.75, 3.05) is 6.61 Å². The molecule has 0 N–H and O–H groups in total. The molecule has 0 aliphatic carbocycles. The second-order valence-corrected chi connectivity index (χ2v) is 5.22. The molecular formula is C17H16N2O. The summed E-state index contributed by atoms with van der Waals surface area (Å²) in [5.41, 5.74) is 4.98. The van der Waals surface area contributed by atoms with E-state index in [1.165, 1.54) is 16.6 Å². The lowest BCUT2D eigenvalue weighted by Crippen LogP contribution is -2.00. The molecule has 2 heterocycles. The second-order valence-electron chi connectivity index (χ2n) is 5.22. The molecule has 3 nitrogen and oxygen atoms in total. The van der Waals surface area contributed by atoms with E-state index in [0.29, 0.717) is 0 Å². The van der Waals surface area contributed by atoms with Crippen molar-refractivity contribution in [2.24, 2.45) is 0 Å². The van der Waals surface area contributed by atoms with Crippen molar-refractivity contribution in [1.29, 1.82) is 0 Å². The van der Waals surface area contributed by atoms with Crippen LogP contribution in [0.2, 0.25) is 0 Å². The number of ether oxygens (including phenoxy) is 1. The van der Waals surface area contributed by atoms with Gasteiger partial charge in [0.2, 0.25) is 0 Å². The first-order chi connectivity index (χ1) is 9.90. The molecule has 0 bridgehead atoms. The van der Waals surface area contributed by atoms with Crippen molar-refractivity contribution in [3.8, 4) is 5.75 Å². The van der Waals surface area contributed by atoms with Crippen LogP contribution in [0.3, 0.4) is 0 Å². The average Bonchev–Trinajstić information content (AvgIpc) is 3.11. The van der Waals surface area contributed by atoms with E-state index in [1.807, 2.05) is 12.4 Å². The van der Waals surface area contributed by atoms with Crippen molar-refractivity contribution in [3.05, 3.63) is 59.9 Å². The molecule has 0 atom stereocenters. The van der Waals surface area contributed by atoms with Gasteiger partial charge < -0.3 is 9.30 Å². The van der Waals surface area contributed by atoms with Gasteiger partial charge in [-0.1, -0.05) is 24.3 Å². The van der Waals surface area contributed by atoms with E-state index < -0.39 is 0 Å². The summed E-state index contributed by atoms with van der Waals surface area (Å²) >= 11 is 0. The standard InChI is InChI=1S/C17H16N2O/c1-2-4-16-15(3-1)18-12-19(16)9-7-13-5-6-17-14(11-13)8-10-20-17/h1-6,11-12H,7-10H2. The van der Waals surface area contributed by atoms with Gasteiger partial charge in [0.15, 0.2) is 0 Å². The number of hydrogen-bond acceptors (Lipinski definition) is 2. The molecule has 20 heavy (non-hydrogen) atoms. The number of fused-ring (bicyclic) bond motifs is 2. The van der Waals surface area contributed by atoms with Gasteiger partial charge >= 0.3 is 0 Å². The van der Waals surface area contributed by atoms with E-state index in [0.717, 1.165) is 37.3 Å². The van der Waals surface area contributed by atoms with E-state index in [1.54, 1.807) is 0 Å². The quantitative estimate of drug-likeness (QED) is 0.726. The molecule has 3 aromatic rings. The SMILES string of the molecule is c1ccc2c(c1)ncn2CCc1ccc2c(c1)CCO2. The molecule has 0 unspecified atom stereocenters. The maximum absolute atomic E-state index is 5.55. The van der Waals surface area contributed by atoms with Gasteiger partial charge in [0.1, 0.15) is 5.75 Å². The fourth-order valence-corrected chi connectivity index (χ4v) is 2.83. The van der Waals surface area contributed by atoms with Gasteiger partial charge in [0, 0.05) is 13.0 Å². The van der Waals surface area contributed by atoms with Crippen molar-refractivity contribution < 1.29 is 4.74 Å². The molecule has 0 radical (unpaired) electrons. The fourth-order valence-electron chi connectivity index (χ4n) is 2.83. The van der Waals surface area contributed by atoms with E-state index in [9.17, 15) is 0 Å². The van der Waals surface area contributed by atoms with Crippen LogP contribution >= 0.6 is 0 Å². The highest BCUT2D eigenvalue weighted by atomic mass is 16.5. The zero-order valence-corrected chi connectivity index (χ0v) is 11.2. The summed E-state index contributed by atoms with van der Waals surface area (Å²) in [7, 11) is 0. The Hall–Kier alpha value is -2.29. The lowest BCUT2D eigenvalue weighted by atomic mass is 10.1. The monoisotopic (exact) mass is 264 g/mol. The molecule has 2 aromatic carbocycles. The predicted molar refractivity (Wildman–Crippen MR) is 79.1 cm³/mol. The highest BCUT2D eigenvalue weighted by Gasteiger charge is 2.12. The van der Waals surface area contributed by atoms with Crippen LogP contribution < -0.4 is 4.74 Å². The van der Waals surface area contributed by atoms with Crippen molar-refractivity contribution >= 4 is 11.0 Å². The van der Waals surface area contributed by atoms with Gasteiger partial charge in [0.05, 0.1) is 24.0 Å². The van der Waals surface area contributed by atoms with Gasteiger partial charge in [-0.2, -0.15) is 0 Å². The molecule has 3 heteroatoms. The largest absolute Gasteiger partial charge is 0.493 e. The van der Waals surface area contributed by atoms with Crippen LogP contribution in [0, 0.1) is 0 Å². The Morgan fingerprint density at radius 2 is 2.10 bits per heavy atom. The number of hydrogen-bond donors (Lipinski definition) is 0.